The van der Waals surface area contributed by atoms with E-state index in [1.54, 1.807) is 7.11 Å². The first-order valence-corrected chi connectivity index (χ1v) is 9.01. The average molecular weight is 336 g/mol. The van der Waals surface area contributed by atoms with E-state index >= 15 is 0 Å². The Morgan fingerprint density at radius 1 is 1.08 bits per heavy atom. The van der Waals surface area contributed by atoms with Gasteiger partial charge in [-0.15, -0.1) is 0 Å². The zero-order valence-corrected chi connectivity index (χ0v) is 14.8. The third-order valence-electron chi connectivity index (χ3n) is 5.09. The molecule has 0 radical (unpaired) electrons. The number of likely N-dealkylation sites (tertiary alicyclic amines) is 1. The molecule has 1 aliphatic rings. The minimum absolute atomic E-state index is 0.463. The van der Waals surface area contributed by atoms with Gasteiger partial charge in [0, 0.05) is 30.6 Å². The molecule has 0 bridgehead atoms. The van der Waals surface area contributed by atoms with Crippen molar-refractivity contribution in [3.05, 3.63) is 36.4 Å². The van der Waals surface area contributed by atoms with Crippen LogP contribution in [0.15, 0.2) is 36.4 Å². The third kappa shape index (κ3) is 3.12. The maximum absolute atomic E-state index is 5.33. The van der Waals surface area contributed by atoms with Crippen LogP contribution in [0.4, 0.5) is 5.69 Å². The molecule has 1 fully saturated rings. The normalized spacial score (nSPS) is 16.4. The highest BCUT2D eigenvalue weighted by Crippen LogP contribution is 2.32. The smallest absolute Gasteiger partial charge is 0.213 e. The Labute approximate surface area is 148 Å². The predicted molar refractivity (Wildman–Crippen MR) is 102 cm³/mol. The summed E-state index contributed by atoms with van der Waals surface area (Å²) in [6, 6.07) is 12.6. The Hall–Kier alpha value is -2.40. The van der Waals surface area contributed by atoms with Gasteiger partial charge in [0.1, 0.15) is 5.52 Å². The van der Waals surface area contributed by atoms with Crippen molar-refractivity contribution >= 4 is 27.6 Å². The lowest BCUT2D eigenvalue weighted by Gasteiger charge is -2.32. The number of hydrogen-bond donors (Lipinski definition) is 1. The zero-order valence-electron chi connectivity index (χ0n) is 14.8. The Kier molecular flexibility index (Phi) is 4.40. The Bertz CT molecular complexity index is 887. The largest absolute Gasteiger partial charge is 0.481 e. The molecule has 130 valence electrons. The van der Waals surface area contributed by atoms with Crippen LogP contribution in [-0.4, -0.2) is 47.7 Å². The molecule has 1 aromatic carbocycles. The fraction of sp³-hybridized carbons (Fsp3) is 0.400. The van der Waals surface area contributed by atoms with Crippen molar-refractivity contribution < 1.29 is 4.74 Å². The summed E-state index contributed by atoms with van der Waals surface area (Å²) in [5.41, 5.74) is 3.86. The molecule has 0 amide bonds. The predicted octanol–water partition coefficient (Wildman–Crippen LogP) is 3.69. The van der Waals surface area contributed by atoms with Crippen LogP contribution in [0.5, 0.6) is 5.88 Å². The molecule has 1 aliphatic heterocycles. The standard InChI is InChI=1S/C20H24N4O/c1-3-24-12-10-14(11-13-24)21-19-15-6-4-5-7-16(15)22-17-8-9-18(25-2)23-20(17)19/h4-9,14H,3,10-13H2,1-2H3,(H,21,22). The number of rotatable bonds is 4. The molecule has 1 saturated heterocycles. The van der Waals surface area contributed by atoms with Crippen LogP contribution in [0, 0.1) is 0 Å². The quantitative estimate of drug-likeness (QED) is 0.737. The number of hydrogen-bond acceptors (Lipinski definition) is 5. The summed E-state index contributed by atoms with van der Waals surface area (Å²) in [6.45, 7) is 5.65. The van der Waals surface area contributed by atoms with Crippen LogP contribution in [0.3, 0.4) is 0 Å². The lowest BCUT2D eigenvalue weighted by molar-refractivity contribution is 0.229. The van der Waals surface area contributed by atoms with Gasteiger partial charge in [0.15, 0.2) is 0 Å². The highest BCUT2D eigenvalue weighted by atomic mass is 16.5. The van der Waals surface area contributed by atoms with E-state index < -0.39 is 0 Å². The summed E-state index contributed by atoms with van der Waals surface area (Å²) in [6.07, 6.45) is 2.30. The Morgan fingerprint density at radius 2 is 1.88 bits per heavy atom. The summed E-state index contributed by atoms with van der Waals surface area (Å²) >= 11 is 0. The first kappa shape index (κ1) is 16.1. The molecule has 0 unspecified atom stereocenters. The molecule has 25 heavy (non-hydrogen) atoms. The van der Waals surface area contributed by atoms with E-state index in [2.05, 4.69) is 40.3 Å². The monoisotopic (exact) mass is 336 g/mol. The van der Waals surface area contributed by atoms with E-state index in [1.165, 1.54) is 0 Å². The molecular weight excluding hydrogens is 312 g/mol. The second-order valence-electron chi connectivity index (χ2n) is 6.58. The first-order chi connectivity index (χ1) is 12.3. The minimum atomic E-state index is 0.463. The van der Waals surface area contributed by atoms with Crippen LogP contribution < -0.4 is 10.1 Å². The molecule has 5 nitrogen and oxygen atoms in total. The van der Waals surface area contributed by atoms with Crippen LogP contribution in [0.25, 0.3) is 21.9 Å². The van der Waals surface area contributed by atoms with Gasteiger partial charge in [-0.1, -0.05) is 25.1 Å². The van der Waals surface area contributed by atoms with Gasteiger partial charge < -0.3 is 15.0 Å². The molecule has 0 atom stereocenters. The molecule has 5 heteroatoms. The van der Waals surface area contributed by atoms with Gasteiger partial charge in [-0.3, -0.25) is 0 Å². The van der Waals surface area contributed by atoms with Gasteiger partial charge in [-0.2, -0.15) is 0 Å². The van der Waals surface area contributed by atoms with Gasteiger partial charge in [-0.05, 0) is 31.5 Å². The molecule has 4 rings (SSSR count). The van der Waals surface area contributed by atoms with Gasteiger partial charge in [0.2, 0.25) is 5.88 Å². The van der Waals surface area contributed by atoms with Gasteiger partial charge >= 0.3 is 0 Å². The molecule has 1 N–H and O–H groups in total. The highest BCUT2D eigenvalue weighted by molar-refractivity contribution is 6.05. The number of benzene rings is 1. The van der Waals surface area contributed by atoms with E-state index in [-0.39, 0.29) is 0 Å². The van der Waals surface area contributed by atoms with Gasteiger partial charge in [0.25, 0.3) is 0 Å². The zero-order chi connectivity index (χ0) is 17.2. The molecular formula is C20H24N4O. The lowest BCUT2D eigenvalue weighted by Crippen LogP contribution is -2.38. The van der Waals surface area contributed by atoms with Crippen molar-refractivity contribution in [2.75, 3.05) is 32.1 Å². The van der Waals surface area contributed by atoms with Crippen molar-refractivity contribution in [2.45, 2.75) is 25.8 Å². The van der Waals surface area contributed by atoms with Crippen molar-refractivity contribution in [1.29, 1.82) is 0 Å². The van der Waals surface area contributed by atoms with Crippen molar-refractivity contribution in [2.24, 2.45) is 0 Å². The van der Waals surface area contributed by atoms with E-state index in [0.29, 0.717) is 11.9 Å². The summed E-state index contributed by atoms with van der Waals surface area (Å²) in [4.78, 5) is 12.0. The number of piperidine rings is 1. The van der Waals surface area contributed by atoms with Crippen LogP contribution in [-0.2, 0) is 0 Å². The fourth-order valence-corrected chi connectivity index (χ4v) is 3.61. The number of nitrogens with one attached hydrogen (secondary N) is 1. The SMILES string of the molecule is CCN1CCC(Nc2c3ccccc3nc3ccc(OC)nc23)CC1. The Balaban J connectivity index is 1.78. The number of ether oxygens (including phenoxy) is 1. The topological polar surface area (TPSA) is 50.3 Å². The summed E-state index contributed by atoms with van der Waals surface area (Å²) in [7, 11) is 1.65. The minimum Gasteiger partial charge on any atom is -0.481 e. The molecule has 0 aliphatic carbocycles. The van der Waals surface area contributed by atoms with Crippen LogP contribution >= 0.6 is 0 Å². The summed E-state index contributed by atoms with van der Waals surface area (Å²) in [5.74, 6) is 0.619. The number of para-hydroxylation sites is 1. The number of fused-ring (bicyclic) bond motifs is 2. The second kappa shape index (κ2) is 6.84. The van der Waals surface area contributed by atoms with E-state index in [4.69, 9.17) is 9.72 Å². The number of nitrogens with zero attached hydrogens (tertiary/aromatic N) is 3. The molecule has 2 aromatic heterocycles. The van der Waals surface area contributed by atoms with E-state index in [9.17, 15) is 0 Å². The van der Waals surface area contributed by atoms with Crippen LogP contribution in [0.1, 0.15) is 19.8 Å². The van der Waals surface area contributed by atoms with Crippen molar-refractivity contribution in [3.8, 4) is 5.88 Å². The van der Waals surface area contributed by atoms with E-state index in [1.807, 2.05) is 18.2 Å². The average Bonchev–Trinajstić information content (AvgIpc) is 2.68. The van der Waals surface area contributed by atoms with E-state index in [0.717, 1.165) is 60.1 Å². The second-order valence-corrected chi connectivity index (χ2v) is 6.58. The number of anilines is 1. The molecule has 3 aromatic rings. The Morgan fingerprint density at radius 3 is 2.64 bits per heavy atom. The van der Waals surface area contributed by atoms with Gasteiger partial charge in [-0.25, -0.2) is 9.97 Å². The molecule has 0 saturated carbocycles. The third-order valence-corrected chi connectivity index (χ3v) is 5.09. The first-order valence-electron chi connectivity index (χ1n) is 9.01. The lowest BCUT2D eigenvalue weighted by atomic mass is 10.0. The van der Waals surface area contributed by atoms with Crippen molar-refractivity contribution in [1.82, 2.24) is 14.9 Å². The molecule has 0 spiro atoms. The summed E-state index contributed by atoms with van der Waals surface area (Å²) in [5, 5.41) is 4.90. The maximum atomic E-state index is 5.33. The fourth-order valence-electron chi connectivity index (χ4n) is 3.61. The maximum Gasteiger partial charge on any atom is 0.213 e. The number of pyridine rings is 2. The molecule has 3 heterocycles. The summed E-state index contributed by atoms with van der Waals surface area (Å²) < 4.78 is 5.33. The number of methoxy groups -OCH3 is 1. The highest BCUT2D eigenvalue weighted by Gasteiger charge is 2.20. The van der Waals surface area contributed by atoms with Crippen molar-refractivity contribution in [3.63, 3.8) is 0 Å². The number of aromatic nitrogens is 2. The van der Waals surface area contributed by atoms with Crippen LogP contribution in [0.2, 0.25) is 0 Å². The van der Waals surface area contributed by atoms with Gasteiger partial charge in [0.05, 0.1) is 23.8 Å².